The molecule has 2 aliphatic rings. The number of aromatic nitrogens is 2. The summed E-state index contributed by atoms with van der Waals surface area (Å²) in [6.45, 7) is 5.97. The minimum Gasteiger partial charge on any atom is -0.465 e. The molecule has 0 atom stereocenters. The van der Waals surface area contributed by atoms with E-state index in [1.165, 1.54) is 12.6 Å². The van der Waals surface area contributed by atoms with Gasteiger partial charge in [-0.15, -0.1) is 0 Å². The van der Waals surface area contributed by atoms with Gasteiger partial charge in [0.15, 0.2) is 5.76 Å². The number of furan rings is 1. The van der Waals surface area contributed by atoms with Gasteiger partial charge in [0.2, 0.25) is 11.6 Å². The number of amides is 1. The van der Waals surface area contributed by atoms with Gasteiger partial charge in [0.25, 0.3) is 5.91 Å². The smallest absolute Gasteiger partial charge is 0.353 e. The van der Waals surface area contributed by atoms with Crippen LogP contribution in [0, 0.1) is 10.1 Å². The Kier molecular flexibility index (Phi) is 7.21. The first-order chi connectivity index (χ1) is 16.5. The highest BCUT2D eigenvalue weighted by Gasteiger charge is 2.34. The normalized spacial score (nSPS) is 17.0. The van der Waals surface area contributed by atoms with Crippen molar-refractivity contribution in [2.45, 2.75) is 6.92 Å². The lowest BCUT2D eigenvalue weighted by Crippen LogP contribution is -2.50. The van der Waals surface area contributed by atoms with Crippen molar-refractivity contribution in [3.05, 3.63) is 40.6 Å². The third-order valence-corrected chi connectivity index (χ3v) is 5.89. The van der Waals surface area contributed by atoms with Gasteiger partial charge in [-0.25, -0.2) is 9.97 Å². The van der Waals surface area contributed by atoms with Gasteiger partial charge < -0.3 is 23.9 Å². The Labute approximate surface area is 196 Å². The minimum absolute atomic E-state index is 0.146. The maximum absolute atomic E-state index is 12.5. The molecule has 0 N–H and O–H groups in total. The molecule has 0 saturated carbocycles. The number of carbonyl (C=O) groups excluding carboxylic acids is 2. The van der Waals surface area contributed by atoms with Gasteiger partial charge in [-0.3, -0.25) is 24.6 Å². The third kappa shape index (κ3) is 5.09. The monoisotopic (exact) mass is 473 g/mol. The van der Waals surface area contributed by atoms with E-state index in [4.69, 9.17) is 9.15 Å². The molecular weight excluding hydrogens is 446 g/mol. The second-order valence-electron chi connectivity index (χ2n) is 7.95. The summed E-state index contributed by atoms with van der Waals surface area (Å²) in [6.07, 6.45) is 2.79. The van der Waals surface area contributed by atoms with E-state index < -0.39 is 4.92 Å². The number of hydrogen-bond acceptors (Lipinski definition) is 11. The molecule has 0 unspecified atom stereocenters. The number of carbonyl (C=O) groups is 2. The predicted molar refractivity (Wildman–Crippen MR) is 121 cm³/mol. The highest BCUT2D eigenvalue weighted by molar-refractivity contribution is 5.91. The number of ether oxygens (including phenoxy) is 1. The molecule has 2 saturated heterocycles. The Balaban J connectivity index is 1.44. The van der Waals surface area contributed by atoms with Gasteiger partial charge in [0, 0.05) is 52.4 Å². The highest BCUT2D eigenvalue weighted by atomic mass is 16.6. The topological polar surface area (TPSA) is 138 Å². The first kappa shape index (κ1) is 23.4. The Morgan fingerprint density at radius 2 is 1.68 bits per heavy atom. The lowest BCUT2D eigenvalue weighted by molar-refractivity contribution is -0.383. The fourth-order valence-electron chi connectivity index (χ4n) is 4.17. The average Bonchev–Trinajstić information content (AvgIpc) is 3.39. The quantitative estimate of drug-likeness (QED) is 0.318. The van der Waals surface area contributed by atoms with E-state index in [9.17, 15) is 19.7 Å². The van der Waals surface area contributed by atoms with E-state index in [0.717, 1.165) is 0 Å². The zero-order chi connectivity index (χ0) is 24.1. The molecular formula is C21H27N7O6. The number of hydrogen-bond donors (Lipinski definition) is 0. The van der Waals surface area contributed by atoms with Gasteiger partial charge in [0.1, 0.15) is 6.33 Å². The standard InChI is InChI=1S/C21H27N7O6/c1-2-33-17(29)14-24-5-7-25(8-6-24)19-18(28(31)32)20(23-15-22-19)26-9-11-27(12-10-26)21(30)16-4-3-13-34-16/h3-4,13,15H,2,5-12,14H2,1H3. The van der Waals surface area contributed by atoms with E-state index in [0.29, 0.717) is 59.0 Å². The molecule has 2 aromatic rings. The lowest BCUT2D eigenvalue weighted by Gasteiger charge is -2.36. The van der Waals surface area contributed by atoms with E-state index in [2.05, 4.69) is 9.97 Å². The number of nitro groups is 1. The Bertz CT molecular complexity index is 1010. The van der Waals surface area contributed by atoms with Crippen molar-refractivity contribution in [1.82, 2.24) is 19.8 Å². The van der Waals surface area contributed by atoms with Crippen molar-refractivity contribution in [1.29, 1.82) is 0 Å². The van der Waals surface area contributed by atoms with Crippen molar-refractivity contribution in [2.24, 2.45) is 0 Å². The van der Waals surface area contributed by atoms with E-state index in [1.807, 2.05) is 14.7 Å². The predicted octanol–water partition coefficient (Wildman–Crippen LogP) is 0.625. The van der Waals surface area contributed by atoms with Crippen molar-refractivity contribution < 1.29 is 23.7 Å². The molecule has 34 heavy (non-hydrogen) atoms. The molecule has 0 radical (unpaired) electrons. The summed E-state index contributed by atoms with van der Waals surface area (Å²) in [5.41, 5.74) is -0.146. The van der Waals surface area contributed by atoms with Gasteiger partial charge in [0.05, 0.1) is 24.3 Å². The molecule has 0 aliphatic carbocycles. The summed E-state index contributed by atoms with van der Waals surface area (Å²) in [5, 5.41) is 12.1. The van der Waals surface area contributed by atoms with Crippen LogP contribution in [-0.4, -0.2) is 102 Å². The van der Waals surface area contributed by atoms with Gasteiger partial charge in [-0.05, 0) is 19.1 Å². The van der Waals surface area contributed by atoms with Crippen LogP contribution < -0.4 is 9.80 Å². The second-order valence-corrected chi connectivity index (χ2v) is 7.95. The average molecular weight is 473 g/mol. The molecule has 2 aliphatic heterocycles. The van der Waals surface area contributed by atoms with Crippen molar-refractivity contribution in [3.8, 4) is 0 Å². The van der Waals surface area contributed by atoms with Gasteiger partial charge >= 0.3 is 11.7 Å². The van der Waals surface area contributed by atoms with E-state index in [-0.39, 0.29) is 41.5 Å². The van der Waals surface area contributed by atoms with Crippen LogP contribution in [0.25, 0.3) is 0 Å². The molecule has 0 spiro atoms. The molecule has 2 fully saturated rings. The molecule has 2 aromatic heterocycles. The summed E-state index contributed by atoms with van der Waals surface area (Å²) >= 11 is 0. The molecule has 1 amide bonds. The first-order valence-electron chi connectivity index (χ1n) is 11.2. The second kappa shape index (κ2) is 10.5. The Morgan fingerprint density at radius 3 is 2.21 bits per heavy atom. The van der Waals surface area contributed by atoms with Crippen molar-refractivity contribution in [2.75, 3.05) is 75.3 Å². The summed E-state index contributed by atoms with van der Waals surface area (Å²) < 4.78 is 10.2. The number of nitrogens with zero attached hydrogens (tertiary/aromatic N) is 7. The first-order valence-corrected chi connectivity index (χ1v) is 11.2. The maximum atomic E-state index is 12.5. The number of piperazine rings is 2. The molecule has 182 valence electrons. The fraction of sp³-hybridized carbons (Fsp3) is 0.524. The van der Waals surface area contributed by atoms with E-state index in [1.54, 1.807) is 24.0 Å². The van der Waals surface area contributed by atoms with Crippen molar-refractivity contribution >= 4 is 29.2 Å². The summed E-state index contributed by atoms with van der Waals surface area (Å²) in [5.74, 6) is 0.291. The van der Waals surface area contributed by atoms with Crippen LogP contribution in [0.3, 0.4) is 0 Å². The zero-order valence-corrected chi connectivity index (χ0v) is 19.0. The van der Waals surface area contributed by atoms with Gasteiger partial charge in [-0.2, -0.15) is 0 Å². The van der Waals surface area contributed by atoms with Gasteiger partial charge in [-0.1, -0.05) is 0 Å². The number of rotatable bonds is 7. The lowest BCUT2D eigenvalue weighted by atomic mass is 10.2. The summed E-state index contributed by atoms with van der Waals surface area (Å²) in [7, 11) is 0. The van der Waals surface area contributed by atoms with E-state index >= 15 is 0 Å². The summed E-state index contributed by atoms with van der Waals surface area (Å²) in [6, 6.07) is 3.27. The van der Waals surface area contributed by atoms with Crippen LogP contribution in [0.1, 0.15) is 17.5 Å². The van der Waals surface area contributed by atoms with Crippen LogP contribution in [0.15, 0.2) is 29.1 Å². The Morgan fingerprint density at radius 1 is 1.06 bits per heavy atom. The minimum atomic E-state index is -0.448. The number of esters is 1. The molecule has 4 rings (SSSR count). The molecule has 0 bridgehead atoms. The third-order valence-electron chi connectivity index (χ3n) is 5.89. The fourth-order valence-corrected chi connectivity index (χ4v) is 4.17. The molecule has 4 heterocycles. The maximum Gasteiger partial charge on any atom is 0.353 e. The SMILES string of the molecule is CCOC(=O)CN1CCN(c2ncnc(N3CCN(C(=O)c4ccco4)CC3)c2[N+](=O)[O-])CC1. The van der Waals surface area contributed by atoms with Crippen LogP contribution in [0.5, 0.6) is 0 Å². The molecule has 13 heteroatoms. The van der Waals surface area contributed by atoms with Crippen LogP contribution in [0.2, 0.25) is 0 Å². The molecule has 0 aromatic carbocycles. The van der Waals surface area contributed by atoms with Crippen molar-refractivity contribution in [3.63, 3.8) is 0 Å². The largest absolute Gasteiger partial charge is 0.465 e. The van der Waals surface area contributed by atoms with Crippen LogP contribution in [-0.2, 0) is 9.53 Å². The zero-order valence-electron chi connectivity index (χ0n) is 19.0. The summed E-state index contributed by atoms with van der Waals surface area (Å²) in [4.78, 5) is 51.6. The molecule has 13 nitrogen and oxygen atoms in total. The Hall–Kier alpha value is -3.74. The van der Waals surface area contributed by atoms with Crippen LogP contribution >= 0.6 is 0 Å². The number of anilines is 2. The highest BCUT2D eigenvalue weighted by Crippen LogP contribution is 2.35. The van der Waals surface area contributed by atoms with Crippen LogP contribution in [0.4, 0.5) is 17.3 Å².